The molecule has 1 aromatic carbocycles. The first-order chi connectivity index (χ1) is 13.8. The summed E-state index contributed by atoms with van der Waals surface area (Å²) in [6.07, 6.45) is 8.23. The van der Waals surface area contributed by atoms with Crippen molar-refractivity contribution in [3.63, 3.8) is 0 Å². The first kappa shape index (κ1) is 20.7. The summed E-state index contributed by atoms with van der Waals surface area (Å²) in [5.41, 5.74) is 2.54. The molecule has 6 nitrogen and oxygen atoms in total. The van der Waals surface area contributed by atoms with E-state index in [0.29, 0.717) is 17.8 Å². The van der Waals surface area contributed by atoms with E-state index in [-0.39, 0.29) is 17.3 Å². The van der Waals surface area contributed by atoms with Gasteiger partial charge in [-0.1, -0.05) is 19.4 Å². The van der Waals surface area contributed by atoms with Crippen LogP contribution in [0.15, 0.2) is 18.2 Å². The van der Waals surface area contributed by atoms with E-state index in [2.05, 4.69) is 6.92 Å². The largest absolute Gasteiger partial charge is 0.409 e. The molecule has 1 amide bonds. The van der Waals surface area contributed by atoms with Crippen molar-refractivity contribution in [2.45, 2.75) is 77.2 Å². The Morgan fingerprint density at radius 3 is 2.79 bits per heavy atom. The lowest BCUT2D eigenvalue weighted by molar-refractivity contribution is -0.117. The molecule has 5 atom stereocenters. The highest BCUT2D eigenvalue weighted by Gasteiger charge is 2.56. The summed E-state index contributed by atoms with van der Waals surface area (Å²) in [5, 5.41) is 10.8. The fraction of sp³-hybridized carbons (Fsp3) is 0.682. The van der Waals surface area contributed by atoms with Gasteiger partial charge in [-0.3, -0.25) is 4.79 Å². The molecule has 2 fully saturated rings. The van der Waals surface area contributed by atoms with Crippen molar-refractivity contribution >= 4 is 16.2 Å². The molecular weight excluding hydrogens is 390 g/mol. The highest BCUT2D eigenvalue weighted by Crippen LogP contribution is 2.62. The first-order valence-electron chi connectivity index (χ1n) is 10.8. The number of carbonyl (C=O) groups excluding carboxylic acids is 1. The van der Waals surface area contributed by atoms with Crippen molar-refractivity contribution in [1.29, 1.82) is 0 Å². The maximum absolute atomic E-state index is 11.9. The van der Waals surface area contributed by atoms with Gasteiger partial charge in [-0.15, -0.1) is 0 Å². The summed E-state index contributed by atoms with van der Waals surface area (Å²) in [6.45, 7) is 3.35. The normalized spacial score (nSPS) is 33.3. The second kappa shape index (κ2) is 7.58. The van der Waals surface area contributed by atoms with Crippen LogP contribution in [0.3, 0.4) is 0 Å². The van der Waals surface area contributed by atoms with Crippen molar-refractivity contribution in [3.8, 4) is 5.75 Å². The van der Waals surface area contributed by atoms with Crippen LogP contribution in [0, 0.1) is 17.3 Å². The van der Waals surface area contributed by atoms with Crippen molar-refractivity contribution in [1.82, 2.24) is 4.72 Å². The number of hydrogen-bond acceptors (Lipinski definition) is 5. The minimum Gasteiger partial charge on any atom is -0.393 e. The van der Waals surface area contributed by atoms with Gasteiger partial charge in [-0.2, -0.15) is 8.42 Å². The van der Waals surface area contributed by atoms with Crippen LogP contribution in [0.5, 0.6) is 5.75 Å². The summed E-state index contributed by atoms with van der Waals surface area (Å²) < 4.78 is 30.6. The van der Waals surface area contributed by atoms with Gasteiger partial charge in [0, 0.05) is 6.92 Å². The Bertz CT molecular complexity index is 898. The lowest BCUT2D eigenvalue weighted by Gasteiger charge is -2.51. The van der Waals surface area contributed by atoms with Gasteiger partial charge in [0.05, 0.1) is 6.10 Å². The van der Waals surface area contributed by atoms with Crippen LogP contribution in [0.25, 0.3) is 0 Å². The van der Waals surface area contributed by atoms with E-state index in [0.717, 1.165) is 63.9 Å². The number of fused-ring (bicyclic) bond motifs is 5. The minimum atomic E-state index is -4.14. The smallest absolute Gasteiger partial charge is 0.393 e. The number of nitrogens with one attached hydrogen (secondary N) is 1. The van der Waals surface area contributed by atoms with Crippen LogP contribution in [0.1, 0.15) is 75.8 Å². The second-order valence-corrected chi connectivity index (χ2v) is 10.4. The standard InChI is InChI=1S/C22H31NO5S/c1-3-11-22-12-10-18-17-7-5-16(28-29(26,27)23-14(2)24)13-15(17)4-6-19(18)20(22)8-9-21(22)25/h5,7,13,18-21,25H,3-4,6,8-12H2,1-2H3,(H,23,24)/t18-,19-,20+,21+,22+/m1/s1. The number of hydrogen-bond donors (Lipinski definition) is 2. The van der Waals surface area contributed by atoms with Crippen LogP contribution >= 0.6 is 0 Å². The molecule has 160 valence electrons. The predicted molar refractivity (Wildman–Crippen MR) is 110 cm³/mol. The number of aliphatic hydroxyl groups is 1. The van der Waals surface area contributed by atoms with E-state index in [4.69, 9.17) is 4.18 Å². The molecule has 0 spiro atoms. The fourth-order valence-electron chi connectivity index (χ4n) is 6.66. The fourth-order valence-corrected chi connectivity index (χ4v) is 7.41. The average molecular weight is 422 g/mol. The lowest BCUT2D eigenvalue weighted by atomic mass is 9.53. The minimum absolute atomic E-state index is 0.100. The predicted octanol–water partition coefficient (Wildman–Crippen LogP) is 3.44. The molecular formula is C22H31NO5S. The number of carbonyl (C=O) groups is 1. The third-order valence-corrected chi connectivity index (χ3v) is 8.51. The zero-order chi connectivity index (χ0) is 20.8. The Kier molecular flexibility index (Phi) is 5.40. The summed E-state index contributed by atoms with van der Waals surface area (Å²) in [7, 11) is -4.14. The van der Waals surface area contributed by atoms with E-state index >= 15 is 0 Å². The zero-order valence-electron chi connectivity index (χ0n) is 17.2. The Labute approximate surface area is 173 Å². The Balaban J connectivity index is 1.57. The van der Waals surface area contributed by atoms with Crippen LogP contribution in [-0.4, -0.2) is 25.5 Å². The van der Waals surface area contributed by atoms with Crippen LogP contribution in [-0.2, 0) is 21.5 Å². The first-order valence-corrected chi connectivity index (χ1v) is 12.2. The van der Waals surface area contributed by atoms with Crippen molar-refractivity contribution < 1.29 is 22.5 Å². The number of aliphatic hydroxyl groups excluding tert-OH is 1. The van der Waals surface area contributed by atoms with Crippen LogP contribution in [0.2, 0.25) is 0 Å². The number of benzene rings is 1. The van der Waals surface area contributed by atoms with Crippen LogP contribution < -0.4 is 8.91 Å². The van der Waals surface area contributed by atoms with Gasteiger partial charge in [0.2, 0.25) is 5.91 Å². The SMILES string of the molecule is CCC[C@]12CC[C@@H]3c4ccc(OS(=O)(=O)NC(C)=O)cc4CC[C@H]3[C@@H]1CC[C@@H]2O. The summed E-state index contributed by atoms with van der Waals surface area (Å²) >= 11 is 0. The van der Waals surface area contributed by atoms with Gasteiger partial charge in [-0.25, -0.2) is 4.72 Å². The summed E-state index contributed by atoms with van der Waals surface area (Å²) in [6, 6.07) is 5.50. The molecule has 0 saturated heterocycles. The highest BCUT2D eigenvalue weighted by molar-refractivity contribution is 7.85. The molecule has 3 aliphatic carbocycles. The monoisotopic (exact) mass is 421 g/mol. The molecule has 2 saturated carbocycles. The molecule has 3 aliphatic rings. The maximum Gasteiger partial charge on any atom is 0.409 e. The highest BCUT2D eigenvalue weighted by atomic mass is 32.2. The van der Waals surface area contributed by atoms with Gasteiger partial charge in [0.25, 0.3) is 0 Å². The third kappa shape index (κ3) is 3.67. The molecule has 2 N–H and O–H groups in total. The second-order valence-electron chi connectivity index (χ2n) is 9.09. The summed E-state index contributed by atoms with van der Waals surface area (Å²) in [5.74, 6) is 1.21. The van der Waals surface area contributed by atoms with Gasteiger partial charge in [0.1, 0.15) is 5.75 Å². The Hall–Kier alpha value is -1.60. The Morgan fingerprint density at radius 1 is 1.28 bits per heavy atom. The van der Waals surface area contributed by atoms with Crippen molar-refractivity contribution in [2.75, 3.05) is 0 Å². The summed E-state index contributed by atoms with van der Waals surface area (Å²) in [4.78, 5) is 11.0. The van der Waals surface area contributed by atoms with Crippen LogP contribution in [0.4, 0.5) is 0 Å². The van der Waals surface area contributed by atoms with E-state index in [9.17, 15) is 18.3 Å². The van der Waals surface area contributed by atoms with Gasteiger partial charge < -0.3 is 9.29 Å². The Morgan fingerprint density at radius 2 is 2.07 bits per heavy atom. The topological polar surface area (TPSA) is 92.7 Å². The molecule has 0 aliphatic heterocycles. The molecule has 0 heterocycles. The number of aryl methyl sites for hydroxylation is 1. The molecule has 29 heavy (non-hydrogen) atoms. The van der Waals surface area contributed by atoms with Gasteiger partial charge in [-0.05, 0) is 91.4 Å². The van der Waals surface area contributed by atoms with E-state index in [1.54, 1.807) is 6.07 Å². The van der Waals surface area contributed by atoms with Gasteiger partial charge >= 0.3 is 10.3 Å². The van der Waals surface area contributed by atoms with Crippen molar-refractivity contribution in [2.24, 2.45) is 17.3 Å². The van der Waals surface area contributed by atoms with E-state index < -0.39 is 16.2 Å². The number of rotatable bonds is 5. The molecule has 0 unspecified atom stereocenters. The van der Waals surface area contributed by atoms with Crippen molar-refractivity contribution in [3.05, 3.63) is 29.3 Å². The third-order valence-electron chi connectivity index (χ3n) is 7.56. The quantitative estimate of drug-likeness (QED) is 0.760. The molecule has 4 rings (SSSR count). The average Bonchev–Trinajstić information content (AvgIpc) is 2.97. The molecule has 0 radical (unpaired) electrons. The zero-order valence-corrected chi connectivity index (χ0v) is 18.0. The van der Waals surface area contributed by atoms with E-state index in [1.165, 1.54) is 5.56 Å². The van der Waals surface area contributed by atoms with Gasteiger partial charge in [0.15, 0.2) is 0 Å². The molecule has 0 bridgehead atoms. The number of amides is 1. The maximum atomic E-state index is 11.9. The van der Waals surface area contributed by atoms with E-state index in [1.807, 2.05) is 16.9 Å². The molecule has 7 heteroatoms. The molecule has 1 aromatic rings. The molecule has 0 aromatic heterocycles. The lowest BCUT2D eigenvalue weighted by Crippen LogP contribution is -2.45.